The van der Waals surface area contributed by atoms with Crippen molar-refractivity contribution in [2.75, 3.05) is 53.2 Å². The Hall–Kier alpha value is -2.32. The molecule has 4 rings (SSSR count). The van der Waals surface area contributed by atoms with E-state index in [4.69, 9.17) is 14.2 Å². The van der Waals surface area contributed by atoms with Crippen molar-refractivity contribution < 1.29 is 23.8 Å². The van der Waals surface area contributed by atoms with Crippen LogP contribution in [0.25, 0.3) is 0 Å². The minimum atomic E-state index is -0.170. The molecule has 1 saturated heterocycles. The second-order valence-corrected chi connectivity index (χ2v) is 7.52. The molecule has 0 radical (unpaired) electrons. The van der Waals surface area contributed by atoms with Gasteiger partial charge < -0.3 is 24.4 Å². The highest BCUT2D eigenvalue weighted by Crippen LogP contribution is 2.40. The molecule has 1 aromatic rings. The maximum atomic E-state index is 12.7. The summed E-state index contributed by atoms with van der Waals surface area (Å²) in [5.74, 6) is 1.37. The molecule has 28 heavy (non-hydrogen) atoms. The van der Waals surface area contributed by atoms with E-state index >= 15 is 0 Å². The Kier molecular flexibility index (Phi) is 5.68. The highest BCUT2D eigenvalue weighted by molar-refractivity contribution is 5.92. The number of piperazine rings is 1. The Labute approximate surface area is 164 Å². The van der Waals surface area contributed by atoms with Crippen molar-refractivity contribution in [3.05, 3.63) is 23.8 Å². The molecule has 8 nitrogen and oxygen atoms in total. The van der Waals surface area contributed by atoms with Crippen molar-refractivity contribution in [3.8, 4) is 11.5 Å². The van der Waals surface area contributed by atoms with Gasteiger partial charge in [0.25, 0.3) is 0 Å². The molecule has 2 heterocycles. The van der Waals surface area contributed by atoms with E-state index in [1.54, 1.807) is 7.11 Å². The zero-order valence-corrected chi connectivity index (χ0v) is 16.2. The van der Waals surface area contributed by atoms with Gasteiger partial charge in [-0.2, -0.15) is 0 Å². The van der Waals surface area contributed by atoms with Crippen molar-refractivity contribution in [2.45, 2.75) is 13.0 Å². The molecule has 0 spiro atoms. The SMILES string of the molecule is COCCNC(=O)C1CC1C(=O)N1CCN(Cc2ccc3c(c2)OCO3)CC1. The summed E-state index contributed by atoms with van der Waals surface area (Å²) in [6.07, 6.45) is 0.662. The molecule has 1 aromatic carbocycles. The van der Waals surface area contributed by atoms with Crippen molar-refractivity contribution in [1.29, 1.82) is 0 Å². The quantitative estimate of drug-likeness (QED) is 0.683. The summed E-state index contributed by atoms with van der Waals surface area (Å²) in [4.78, 5) is 29.0. The Morgan fingerprint density at radius 2 is 1.93 bits per heavy atom. The minimum absolute atomic E-state index is 0.0307. The number of ether oxygens (including phenoxy) is 3. The maximum Gasteiger partial charge on any atom is 0.231 e. The third kappa shape index (κ3) is 4.23. The van der Waals surface area contributed by atoms with E-state index < -0.39 is 0 Å². The van der Waals surface area contributed by atoms with E-state index in [2.05, 4.69) is 16.3 Å². The number of hydrogen-bond acceptors (Lipinski definition) is 6. The van der Waals surface area contributed by atoms with Gasteiger partial charge in [-0.15, -0.1) is 0 Å². The first-order valence-corrected chi connectivity index (χ1v) is 9.82. The predicted molar refractivity (Wildman–Crippen MR) is 101 cm³/mol. The fourth-order valence-electron chi connectivity index (χ4n) is 3.82. The molecule has 1 N–H and O–H groups in total. The van der Waals surface area contributed by atoms with E-state index in [0.29, 0.717) is 32.7 Å². The Bertz CT molecular complexity index is 733. The second-order valence-electron chi connectivity index (χ2n) is 7.52. The van der Waals surface area contributed by atoms with Gasteiger partial charge in [-0.3, -0.25) is 14.5 Å². The molecular weight excluding hydrogens is 362 g/mol. The van der Waals surface area contributed by atoms with Crippen LogP contribution in [0.5, 0.6) is 11.5 Å². The van der Waals surface area contributed by atoms with Gasteiger partial charge in [0.2, 0.25) is 18.6 Å². The third-order valence-electron chi connectivity index (χ3n) is 5.58. The maximum absolute atomic E-state index is 12.7. The topological polar surface area (TPSA) is 80.3 Å². The summed E-state index contributed by atoms with van der Waals surface area (Å²) in [7, 11) is 1.60. The molecule has 0 aromatic heterocycles. The van der Waals surface area contributed by atoms with Crippen LogP contribution in [0.1, 0.15) is 12.0 Å². The second kappa shape index (κ2) is 8.36. The summed E-state index contributed by atoms with van der Waals surface area (Å²) in [6, 6.07) is 6.03. The zero-order chi connectivity index (χ0) is 19.5. The van der Waals surface area contributed by atoms with E-state index in [-0.39, 0.29) is 30.4 Å². The van der Waals surface area contributed by atoms with Crippen LogP contribution in [0.2, 0.25) is 0 Å². The highest BCUT2D eigenvalue weighted by Gasteiger charge is 2.49. The first-order chi connectivity index (χ1) is 13.7. The number of hydrogen-bond donors (Lipinski definition) is 1. The standard InChI is InChI=1S/C20H27N3O5/c1-26-9-4-21-19(24)15-11-16(15)20(25)23-7-5-22(6-8-23)12-14-2-3-17-18(10-14)28-13-27-17/h2-3,10,15-16H,4-9,11-13H2,1H3,(H,21,24). The van der Waals surface area contributed by atoms with Crippen LogP contribution in [-0.2, 0) is 20.9 Å². The van der Waals surface area contributed by atoms with Crippen LogP contribution in [-0.4, -0.2) is 74.8 Å². The molecule has 2 atom stereocenters. The summed E-state index contributed by atoms with van der Waals surface area (Å²) < 4.78 is 15.7. The smallest absolute Gasteiger partial charge is 0.231 e. The molecule has 3 aliphatic rings. The van der Waals surface area contributed by atoms with Gasteiger partial charge >= 0.3 is 0 Å². The molecule has 152 valence electrons. The fraction of sp³-hybridized carbons (Fsp3) is 0.600. The Morgan fingerprint density at radius 3 is 2.71 bits per heavy atom. The van der Waals surface area contributed by atoms with Gasteiger partial charge in [-0.1, -0.05) is 6.07 Å². The number of fused-ring (bicyclic) bond motifs is 1. The average molecular weight is 389 g/mol. The number of methoxy groups -OCH3 is 1. The van der Waals surface area contributed by atoms with Crippen LogP contribution in [0.3, 0.4) is 0 Å². The summed E-state index contributed by atoms with van der Waals surface area (Å²) in [6.45, 7) is 5.16. The molecule has 8 heteroatoms. The van der Waals surface area contributed by atoms with Crippen LogP contribution < -0.4 is 14.8 Å². The van der Waals surface area contributed by atoms with Crippen molar-refractivity contribution in [1.82, 2.24) is 15.1 Å². The molecule has 2 unspecified atom stereocenters. The fourth-order valence-corrected chi connectivity index (χ4v) is 3.82. The van der Waals surface area contributed by atoms with Gasteiger partial charge in [-0.25, -0.2) is 0 Å². The number of carbonyl (C=O) groups excluding carboxylic acids is 2. The number of nitrogens with one attached hydrogen (secondary N) is 1. The molecule has 2 fully saturated rings. The average Bonchev–Trinajstić information content (AvgIpc) is 3.38. The third-order valence-corrected chi connectivity index (χ3v) is 5.58. The first kappa shape index (κ1) is 19.0. The molecule has 1 saturated carbocycles. The van der Waals surface area contributed by atoms with E-state index in [1.165, 1.54) is 5.56 Å². The van der Waals surface area contributed by atoms with Gasteiger partial charge in [0.05, 0.1) is 18.4 Å². The van der Waals surface area contributed by atoms with Crippen molar-refractivity contribution in [3.63, 3.8) is 0 Å². The van der Waals surface area contributed by atoms with Crippen LogP contribution in [0.15, 0.2) is 18.2 Å². The minimum Gasteiger partial charge on any atom is -0.454 e. The molecule has 2 amide bonds. The number of amides is 2. The summed E-state index contributed by atoms with van der Waals surface area (Å²) in [5, 5.41) is 2.82. The lowest BCUT2D eigenvalue weighted by molar-refractivity contribution is -0.136. The summed E-state index contributed by atoms with van der Waals surface area (Å²) >= 11 is 0. The predicted octanol–water partition coefficient (Wildman–Crippen LogP) is 0.458. The largest absolute Gasteiger partial charge is 0.454 e. The lowest BCUT2D eigenvalue weighted by Crippen LogP contribution is -2.49. The van der Waals surface area contributed by atoms with E-state index in [0.717, 1.165) is 31.1 Å². The van der Waals surface area contributed by atoms with Gasteiger partial charge in [0.15, 0.2) is 11.5 Å². The first-order valence-electron chi connectivity index (χ1n) is 9.82. The lowest BCUT2D eigenvalue weighted by Gasteiger charge is -2.35. The highest BCUT2D eigenvalue weighted by atomic mass is 16.7. The number of benzene rings is 1. The zero-order valence-electron chi connectivity index (χ0n) is 16.2. The van der Waals surface area contributed by atoms with E-state index in [1.807, 2.05) is 17.0 Å². The molecule has 0 bridgehead atoms. The molecule has 1 aliphatic carbocycles. The lowest BCUT2D eigenvalue weighted by atomic mass is 10.1. The van der Waals surface area contributed by atoms with Gasteiger partial charge in [0.1, 0.15) is 0 Å². The molecular formula is C20H27N3O5. The summed E-state index contributed by atoms with van der Waals surface area (Å²) in [5.41, 5.74) is 1.18. The number of nitrogens with zero attached hydrogens (tertiary/aromatic N) is 2. The monoisotopic (exact) mass is 389 g/mol. The normalized spacial score (nSPS) is 23.5. The van der Waals surface area contributed by atoms with Crippen LogP contribution in [0, 0.1) is 11.8 Å². The van der Waals surface area contributed by atoms with Gasteiger partial charge in [-0.05, 0) is 24.1 Å². The van der Waals surface area contributed by atoms with Crippen molar-refractivity contribution in [2.24, 2.45) is 11.8 Å². The number of carbonyl (C=O) groups is 2. The van der Waals surface area contributed by atoms with E-state index in [9.17, 15) is 9.59 Å². The van der Waals surface area contributed by atoms with Crippen LogP contribution in [0.4, 0.5) is 0 Å². The van der Waals surface area contributed by atoms with Crippen LogP contribution >= 0.6 is 0 Å². The molecule has 2 aliphatic heterocycles. The number of rotatable bonds is 7. The Balaban J connectivity index is 1.21. The van der Waals surface area contributed by atoms with Gasteiger partial charge in [0, 0.05) is 46.4 Å². The van der Waals surface area contributed by atoms with Crippen molar-refractivity contribution >= 4 is 11.8 Å². The Morgan fingerprint density at radius 1 is 1.14 bits per heavy atom.